The first-order chi connectivity index (χ1) is 13.1. The summed E-state index contributed by atoms with van der Waals surface area (Å²) in [7, 11) is 0. The Labute approximate surface area is 180 Å². The van der Waals surface area contributed by atoms with E-state index >= 15 is 0 Å². The molecule has 0 saturated carbocycles. The summed E-state index contributed by atoms with van der Waals surface area (Å²) < 4.78 is 0. The molecule has 28 heavy (non-hydrogen) atoms. The number of hydrogen-bond acceptors (Lipinski definition) is 1. The maximum absolute atomic E-state index is 13.4. The molecule has 0 saturated heterocycles. The van der Waals surface area contributed by atoms with Crippen LogP contribution in [0.15, 0.2) is 36.4 Å². The largest absolute Gasteiger partial charge is 0.289 e. The number of alkyl halides is 2. The van der Waals surface area contributed by atoms with Gasteiger partial charge in [0.25, 0.3) is 0 Å². The molecule has 2 unspecified atom stereocenters. The number of rotatable bonds is 8. The van der Waals surface area contributed by atoms with Gasteiger partial charge < -0.3 is 0 Å². The molecule has 2 aromatic rings. The predicted octanol–water partition coefficient (Wildman–Crippen LogP) is 7.91. The third-order valence-electron chi connectivity index (χ3n) is 4.87. The van der Waals surface area contributed by atoms with Crippen molar-refractivity contribution in [2.45, 2.75) is 65.1 Å². The molecule has 1 nitrogen and oxygen atoms in total. The summed E-state index contributed by atoms with van der Waals surface area (Å²) in [6, 6.07) is 12.1. The van der Waals surface area contributed by atoms with Crippen LogP contribution >= 0.6 is 23.2 Å². The van der Waals surface area contributed by atoms with Crippen molar-refractivity contribution in [3.8, 4) is 0 Å². The van der Waals surface area contributed by atoms with Gasteiger partial charge in [-0.2, -0.15) is 0 Å². The second-order valence-electron chi connectivity index (χ2n) is 8.60. The van der Waals surface area contributed by atoms with E-state index in [2.05, 4.69) is 39.8 Å². The highest BCUT2D eigenvalue weighted by Gasteiger charge is 2.21. The highest BCUT2D eigenvalue weighted by Crippen LogP contribution is 2.31. The summed E-state index contributed by atoms with van der Waals surface area (Å²) in [6.07, 6.45) is 1.94. The highest BCUT2D eigenvalue weighted by atomic mass is 35.5. The minimum absolute atomic E-state index is 0.00260. The SMILES string of the molecule is CC(C)Cc1ccc(C(=O)c2ccc(CC(C)C)cc2C(C)Cl)c(C(C)Cl)c1. The summed E-state index contributed by atoms with van der Waals surface area (Å²) in [4.78, 5) is 13.4. The zero-order chi connectivity index (χ0) is 21.0. The average molecular weight is 419 g/mol. The summed E-state index contributed by atoms with van der Waals surface area (Å²) in [6.45, 7) is 12.6. The van der Waals surface area contributed by atoms with Crippen LogP contribution in [-0.2, 0) is 12.8 Å². The summed E-state index contributed by atoms with van der Waals surface area (Å²) >= 11 is 12.9. The smallest absolute Gasteiger partial charge is 0.193 e. The van der Waals surface area contributed by atoms with Crippen molar-refractivity contribution in [1.82, 2.24) is 0 Å². The van der Waals surface area contributed by atoms with E-state index in [1.807, 2.05) is 38.1 Å². The van der Waals surface area contributed by atoms with Crippen LogP contribution in [0.5, 0.6) is 0 Å². The van der Waals surface area contributed by atoms with Crippen LogP contribution in [0, 0.1) is 11.8 Å². The van der Waals surface area contributed by atoms with Crippen molar-refractivity contribution in [2.75, 3.05) is 0 Å². The van der Waals surface area contributed by atoms with E-state index in [1.165, 1.54) is 11.1 Å². The zero-order valence-electron chi connectivity index (χ0n) is 17.9. The normalized spacial score (nSPS) is 13.8. The Morgan fingerprint density at radius 2 is 1.07 bits per heavy atom. The van der Waals surface area contributed by atoms with Gasteiger partial charge in [0.05, 0.1) is 10.8 Å². The second-order valence-corrected chi connectivity index (χ2v) is 9.91. The van der Waals surface area contributed by atoms with Crippen molar-refractivity contribution in [3.05, 3.63) is 69.8 Å². The third-order valence-corrected chi connectivity index (χ3v) is 5.34. The molecule has 2 atom stereocenters. The Morgan fingerprint density at radius 3 is 1.36 bits per heavy atom. The predicted molar refractivity (Wildman–Crippen MR) is 122 cm³/mol. The number of carbonyl (C=O) groups is 1. The van der Waals surface area contributed by atoms with Crippen LogP contribution in [0.3, 0.4) is 0 Å². The molecule has 0 fully saturated rings. The average Bonchev–Trinajstić information content (AvgIpc) is 2.59. The van der Waals surface area contributed by atoms with Crippen LogP contribution in [0.4, 0.5) is 0 Å². The Balaban J connectivity index is 2.50. The van der Waals surface area contributed by atoms with E-state index in [0.29, 0.717) is 23.0 Å². The lowest BCUT2D eigenvalue weighted by Gasteiger charge is -2.17. The van der Waals surface area contributed by atoms with Crippen LogP contribution in [0.25, 0.3) is 0 Å². The molecule has 0 heterocycles. The molecule has 0 bridgehead atoms. The van der Waals surface area contributed by atoms with Crippen LogP contribution in [0.1, 0.15) is 90.5 Å². The molecule has 0 aliphatic rings. The molecule has 0 amide bonds. The van der Waals surface area contributed by atoms with Crippen molar-refractivity contribution in [3.63, 3.8) is 0 Å². The number of hydrogen-bond donors (Lipinski definition) is 0. The van der Waals surface area contributed by atoms with E-state index in [4.69, 9.17) is 23.2 Å². The van der Waals surface area contributed by atoms with Gasteiger partial charge in [-0.25, -0.2) is 0 Å². The molecule has 3 heteroatoms. The fraction of sp³-hybridized carbons (Fsp3) is 0.480. The van der Waals surface area contributed by atoms with Gasteiger partial charge in [0, 0.05) is 11.1 Å². The van der Waals surface area contributed by atoms with Gasteiger partial charge >= 0.3 is 0 Å². The van der Waals surface area contributed by atoms with Gasteiger partial charge in [0.1, 0.15) is 0 Å². The lowest BCUT2D eigenvalue weighted by atomic mass is 9.89. The quantitative estimate of drug-likeness (QED) is 0.314. The monoisotopic (exact) mass is 418 g/mol. The summed E-state index contributed by atoms with van der Waals surface area (Å²) in [5.74, 6) is 1.10. The third kappa shape index (κ3) is 5.84. The first-order valence-corrected chi connectivity index (χ1v) is 11.1. The molecule has 0 spiro atoms. The van der Waals surface area contributed by atoms with E-state index in [1.54, 1.807) is 0 Å². The molecule has 2 aromatic carbocycles. The van der Waals surface area contributed by atoms with Crippen molar-refractivity contribution in [1.29, 1.82) is 0 Å². The number of halogens is 2. The highest BCUT2D eigenvalue weighted by molar-refractivity contribution is 6.23. The van der Waals surface area contributed by atoms with Gasteiger partial charge in [-0.05, 0) is 60.8 Å². The Kier molecular flexibility index (Phi) is 8.16. The van der Waals surface area contributed by atoms with Gasteiger partial charge in [-0.3, -0.25) is 4.79 Å². The molecular formula is C25H32Cl2O. The molecule has 0 N–H and O–H groups in total. The molecule has 0 aliphatic heterocycles. The maximum Gasteiger partial charge on any atom is 0.193 e. The number of benzene rings is 2. The fourth-order valence-electron chi connectivity index (χ4n) is 3.64. The van der Waals surface area contributed by atoms with Gasteiger partial charge in [0.2, 0.25) is 0 Å². The van der Waals surface area contributed by atoms with Crippen LogP contribution in [0.2, 0.25) is 0 Å². The van der Waals surface area contributed by atoms with Crippen molar-refractivity contribution in [2.24, 2.45) is 11.8 Å². The molecule has 0 radical (unpaired) electrons. The van der Waals surface area contributed by atoms with E-state index in [-0.39, 0.29) is 16.5 Å². The Morgan fingerprint density at radius 1 is 0.714 bits per heavy atom. The first-order valence-electron chi connectivity index (χ1n) is 10.2. The van der Waals surface area contributed by atoms with Gasteiger partial charge in [-0.15, -0.1) is 23.2 Å². The van der Waals surface area contributed by atoms with Crippen LogP contribution in [-0.4, -0.2) is 5.78 Å². The fourth-order valence-corrected chi connectivity index (χ4v) is 4.00. The summed E-state index contributed by atoms with van der Waals surface area (Å²) in [5, 5.41) is -0.466. The van der Waals surface area contributed by atoms with E-state index in [0.717, 1.165) is 24.0 Å². The summed E-state index contributed by atoms with van der Waals surface area (Å²) in [5.41, 5.74) is 5.56. The van der Waals surface area contributed by atoms with E-state index < -0.39 is 0 Å². The minimum Gasteiger partial charge on any atom is -0.289 e. The first kappa shape index (κ1) is 23.0. The van der Waals surface area contributed by atoms with Gasteiger partial charge in [0.15, 0.2) is 5.78 Å². The molecule has 0 aliphatic carbocycles. The number of carbonyl (C=O) groups excluding carboxylic acids is 1. The number of ketones is 1. The Bertz CT molecular complexity index is 752. The minimum atomic E-state index is -0.233. The molecule has 152 valence electrons. The van der Waals surface area contributed by atoms with Crippen molar-refractivity contribution < 1.29 is 4.79 Å². The van der Waals surface area contributed by atoms with Crippen LogP contribution < -0.4 is 0 Å². The van der Waals surface area contributed by atoms with E-state index in [9.17, 15) is 4.79 Å². The lowest BCUT2D eigenvalue weighted by Crippen LogP contribution is -2.11. The second kappa shape index (κ2) is 9.94. The lowest BCUT2D eigenvalue weighted by molar-refractivity contribution is 0.103. The van der Waals surface area contributed by atoms with Crippen molar-refractivity contribution >= 4 is 29.0 Å². The standard InChI is InChI=1S/C25H32Cl2O/c1-15(2)11-19-7-9-21(23(13-19)17(5)26)25(28)22-10-8-20(12-16(3)4)14-24(22)18(6)27/h7-10,13-18H,11-12H2,1-6H3. The topological polar surface area (TPSA) is 17.1 Å². The molecule has 2 rings (SSSR count). The Hall–Kier alpha value is -1.31. The molecular weight excluding hydrogens is 387 g/mol. The van der Waals surface area contributed by atoms with Gasteiger partial charge in [-0.1, -0.05) is 64.1 Å². The molecule has 0 aromatic heterocycles. The zero-order valence-corrected chi connectivity index (χ0v) is 19.4. The maximum atomic E-state index is 13.4.